The van der Waals surface area contributed by atoms with Gasteiger partial charge in [0.25, 0.3) is 0 Å². The van der Waals surface area contributed by atoms with Crippen LogP contribution in [0.1, 0.15) is 33.9 Å². The van der Waals surface area contributed by atoms with E-state index in [1.807, 2.05) is 24.1 Å². The minimum atomic E-state index is -4.45. The number of aromatic amines is 1. The number of H-pyrrole nitrogens is 1. The number of nitrogens with one attached hydrogen (secondary N) is 2. The van der Waals surface area contributed by atoms with Crippen LogP contribution in [0.5, 0.6) is 5.75 Å². The predicted molar refractivity (Wildman–Crippen MR) is 131 cm³/mol. The van der Waals surface area contributed by atoms with Crippen molar-refractivity contribution in [2.45, 2.75) is 37.5 Å². The summed E-state index contributed by atoms with van der Waals surface area (Å²) < 4.78 is 46.8. The smallest absolute Gasteiger partial charge is 0.416 e. The number of amides is 2. The highest BCUT2D eigenvalue weighted by molar-refractivity contribution is 5.76. The monoisotopic (exact) mass is 511 g/mol. The van der Waals surface area contributed by atoms with Crippen LogP contribution in [0.15, 0.2) is 42.5 Å². The fourth-order valence-electron chi connectivity index (χ4n) is 5.83. The van der Waals surface area contributed by atoms with E-state index in [1.165, 1.54) is 12.1 Å². The van der Waals surface area contributed by atoms with Crippen molar-refractivity contribution in [3.05, 3.63) is 70.4 Å². The van der Waals surface area contributed by atoms with Gasteiger partial charge in [-0.25, -0.2) is 4.79 Å². The number of aromatic nitrogens is 2. The third-order valence-electron chi connectivity index (χ3n) is 7.66. The van der Waals surface area contributed by atoms with Crippen molar-refractivity contribution in [3.8, 4) is 17.0 Å². The van der Waals surface area contributed by atoms with Gasteiger partial charge in [-0.2, -0.15) is 18.3 Å². The summed E-state index contributed by atoms with van der Waals surface area (Å²) in [6.45, 7) is 2.49. The van der Waals surface area contributed by atoms with Crippen LogP contribution in [-0.2, 0) is 25.6 Å². The van der Waals surface area contributed by atoms with Gasteiger partial charge in [0, 0.05) is 55.2 Å². The molecule has 4 heterocycles. The molecule has 1 aromatic heterocycles. The first-order chi connectivity index (χ1) is 17.8. The lowest BCUT2D eigenvalue weighted by molar-refractivity contribution is -0.138. The third-order valence-corrected chi connectivity index (χ3v) is 7.66. The molecule has 3 aliphatic heterocycles. The summed E-state index contributed by atoms with van der Waals surface area (Å²) >= 11 is 0. The van der Waals surface area contributed by atoms with Gasteiger partial charge in [0.2, 0.25) is 0 Å². The topological polar surface area (TPSA) is 73.5 Å². The van der Waals surface area contributed by atoms with Crippen LogP contribution in [0.25, 0.3) is 11.3 Å². The standard InChI is InChI=1S/C27H28F3N5O2/c1-34-13-19(18-4-2-3-5-21(18)27(28,29)30)23(15-34)31-26(36)35-10-8-22-20(14-35)25(33-32-22)17-6-7-24-16(12-17)9-11-37-24/h2-7,12,19,23H,8-11,13-15H2,1H3,(H,31,36)(H,32,33)/t19-,23?/m0/s1. The number of hydrogen-bond donors (Lipinski definition) is 2. The van der Waals surface area contributed by atoms with Gasteiger partial charge in [-0.1, -0.05) is 18.2 Å². The van der Waals surface area contributed by atoms with E-state index in [0.29, 0.717) is 39.2 Å². The van der Waals surface area contributed by atoms with Crippen molar-refractivity contribution in [3.63, 3.8) is 0 Å². The molecule has 3 aliphatic rings. The van der Waals surface area contributed by atoms with Crippen LogP contribution >= 0.6 is 0 Å². The van der Waals surface area contributed by atoms with Crippen molar-refractivity contribution in [2.75, 3.05) is 33.3 Å². The first kappa shape index (κ1) is 23.8. The number of urea groups is 1. The molecule has 2 aromatic carbocycles. The summed E-state index contributed by atoms with van der Waals surface area (Å²) in [7, 11) is 1.86. The molecular formula is C27H28F3N5O2. The average Bonchev–Trinajstić information content (AvgIpc) is 3.60. The molecule has 0 spiro atoms. The van der Waals surface area contributed by atoms with Crippen molar-refractivity contribution in [1.82, 2.24) is 25.3 Å². The SMILES string of the molecule is CN1CC(NC(=O)N2CCc3[nH]nc(-c4ccc5c(c4)CCO5)c3C2)[C@H](c2ccccc2C(F)(F)F)C1. The van der Waals surface area contributed by atoms with Gasteiger partial charge >= 0.3 is 12.2 Å². The van der Waals surface area contributed by atoms with Gasteiger partial charge in [0.1, 0.15) is 5.75 Å². The van der Waals surface area contributed by atoms with Crippen LogP contribution in [0.3, 0.4) is 0 Å². The van der Waals surface area contributed by atoms with Crippen molar-refractivity contribution >= 4 is 6.03 Å². The Balaban J connectivity index is 1.21. The lowest BCUT2D eigenvalue weighted by Gasteiger charge is -2.30. The van der Waals surface area contributed by atoms with Crippen LogP contribution in [0, 0.1) is 0 Å². The lowest BCUT2D eigenvalue weighted by Crippen LogP contribution is -2.48. The number of carbonyl (C=O) groups excluding carboxylic acids is 1. The highest BCUT2D eigenvalue weighted by Gasteiger charge is 2.41. The number of halogens is 3. The normalized spacial score (nSPS) is 21.5. The van der Waals surface area contributed by atoms with E-state index >= 15 is 0 Å². The van der Waals surface area contributed by atoms with E-state index < -0.39 is 23.7 Å². The third kappa shape index (κ3) is 4.43. The molecule has 194 valence electrons. The summed E-state index contributed by atoms with van der Waals surface area (Å²) in [5.74, 6) is 0.447. The molecule has 1 unspecified atom stereocenters. The number of rotatable bonds is 3. The van der Waals surface area contributed by atoms with E-state index in [1.54, 1.807) is 11.0 Å². The molecule has 0 saturated carbocycles. The van der Waals surface area contributed by atoms with Gasteiger partial charge in [-0.3, -0.25) is 5.10 Å². The number of alkyl halides is 3. The Labute approximate surface area is 212 Å². The quantitative estimate of drug-likeness (QED) is 0.553. The number of carbonyl (C=O) groups is 1. The first-order valence-electron chi connectivity index (χ1n) is 12.5. The number of hydrogen-bond acceptors (Lipinski definition) is 4. The number of nitrogens with zero attached hydrogens (tertiary/aromatic N) is 3. The summed E-state index contributed by atoms with van der Waals surface area (Å²) in [4.78, 5) is 17.1. The number of likely N-dealkylation sites (tertiary alicyclic amines) is 1. The zero-order valence-corrected chi connectivity index (χ0v) is 20.4. The lowest BCUT2D eigenvalue weighted by atomic mass is 9.90. The molecule has 37 heavy (non-hydrogen) atoms. The maximum Gasteiger partial charge on any atom is 0.416 e. The van der Waals surface area contributed by atoms with Crippen molar-refractivity contribution < 1.29 is 22.7 Å². The molecule has 0 bridgehead atoms. The minimum absolute atomic E-state index is 0.225. The molecule has 0 radical (unpaired) electrons. The van der Waals surface area contributed by atoms with Crippen molar-refractivity contribution in [2.24, 2.45) is 0 Å². The fraction of sp³-hybridized carbons (Fsp3) is 0.407. The molecular weight excluding hydrogens is 483 g/mol. The number of fused-ring (bicyclic) bond motifs is 2. The maximum atomic E-state index is 13.7. The number of ether oxygens (including phenoxy) is 1. The van der Waals surface area contributed by atoms with E-state index in [0.717, 1.165) is 46.3 Å². The Morgan fingerprint density at radius 3 is 2.84 bits per heavy atom. The molecule has 1 saturated heterocycles. The molecule has 3 aromatic rings. The van der Waals surface area contributed by atoms with E-state index in [9.17, 15) is 18.0 Å². The summed E-state index contributed by atoms with van der Waals surface area (Å²) in [6, 6.07) is 11.0. The second-order valence-corrected chi connectivity index (χ2v) is 10.1. The Morgan fingerprint density at radius 1 is 1.16 bits per heavy atom. The molecule has 2 N–H and O–H groups in total. The van der Waals surface area contributed by atoms with Crippen LogP contribution in [-0.4, -0.2) is 65.4 Å². The number of likely N-dealkylation sites (N-methyl/N-ethyl adjacent to an activating group) is 1. The molecule has 10 heteroatoms. The maximum absolute atomic E-state index is 13.7. The molecule has 7 nitrogen and oxygen atoms in total. The Morgan fingerprint density at radius 2 is 2.00 bits per heavy atom. The predicted octanol–water partition coefficient (Wildman–Crippen LogP) is 4.20. The zero-order valence-electron chi connectivity index (χ0n) is 20.4. The Kier molecular flexibility index (Phi) is 5.86. The van der Waals surface area contributed by atoms with E-state index in [-0.39, 0.29) is 11.6 Å². The van der Waals surface area contributed by atoms with Gasteiger partial charge < -0.3 is 19.9 Å². The molecule has 0 aliphatic carbocycles. The number of benzene rings is 2. The second-order valence-electron chi connectivity index (χ2n) is 10.1. The van der Waals surface area contributed by atoms with Crippen LogP contribution < -0.4 is 10.1 Å². The fourth-order valence-corrected chi connectivity index (χ4v) is 5.83. The zero-order chi connectivity index (χ0) is 25.7. The largest absolute Gasteiger partial charge is 0.493 e. The van der Waals surface area contributed by atoms with Gasteiger partial charge in [-0.15, -0.1) is 0 Å². The summed E-state index contributed by atoms with van der Waals surface area (Å²) in [5, 5.41) is 10.7. The van der Waals surface area contributed by atoms with Crippen LogP contribution in [0.2, 0.25) is 0 Å². The van der Waals surface area contributed by atoms with E-state index in [2.05, 4.69) is 21.6 Å². The Bertz CT molecular complexity index is 1340. The molecule has 2 amide bonds. The van der Waals surface area contributed by atoms with Crippen molar-refractivity contribution in [1.29, 1.82) is 0 Å². The average molecular weight is 512 g/mol. The molecule has 1 fully saturated rings. The minimum Gasteiger partial charge on any atom is -0.493 e. The Hall–Kier alpha value is -3.53. The molecule has 6 rings (SSSR count). The second kappa shape index (κ2) is 9.09. The summed E-state index contributed by atoms with van der Waals surface area (Å²) in [5.41, 5.74) is 4.51. The van der Waals surface area contributed by atoms with E-state index in [4.69, 9.17) is 4.74 Å². The first-order valence-corrected chi connectivity index (χ1v) is 12.5. The van der Waals surface area contributed by atoms with Gasteiger partial charge in [-0.05, 0) is 42.4 Å². The highest BCUT2D eigenvalue weighted by Crippen LogP contribution is 2.38. The van der Waals surface area contributed by atoms with Gasteiger partial charge in [0.15, 0.2) is 0 Å². The molecule has 2 atom stereocenters. The van der Waals surface area contributed by atoms with Gasteiger partial charge in [0.05, 0.1) is 30.5 Å². The van der Waals surface area contributed by atoms with Crippen LogP contribution in [0.4, 0.5) is 18.0 Å². The highest BCUT2D eigenvalue weighted by atomic mass is 19.4. The summed E-state index contributed by atoms with van der Waals surface area (Å²) in [6.07, 6.45) is -2.95.